The highest BCUT2D eigenvalue weighted by molar-refractivity contribution is 6.35. The van der Waals surface area contributed by atoms with Crippen LogP contribution in [-0.2, 0) is 0 Å². The molecule has 5 nitrogen and oxygen atoms in total. The minimum atomic E-state index is -0.399. The Morgan fingerprint density at radius 2 is 1.55 bits per heavy atom. The Kier molecular flexibility index (Phi) is 5.67. The van der Waals surface area contributed by atoms with Gasteiger partial charge in [-0.15, -0.1) is 0 Å². The third-order valence-corrected chi connectivity index (χ3v) is 5.54. The summed E-state index contributed by atoms with van der Waals surface area (Å²) in [6, 6.07) is 21.5. The maximum atomic E-state index is 13.4. The molecule has 1 aliphatic rings. The number of unbranched alkanes of at least 4 members (excludes halogenated alkanes) is 1. The molecule has 3 aromatic carbocycles. The van der Waals surface area contributed by atoms with E-state index in [1.807, 2.05) is 49.4 Å². The lowest BCUT2D eigenvalue weighted by Gasteiger charge is -2.23. The van der Waals surface area contributed by atoms with E-state index in [-0.39, 0.29) is 17.4 Å². The van der Waals surface area contributed by atoms with Crippen LogP contribution >= 0.6 is 0 Å². The smallest absolute Gasteiger partial charge is 0.266 e. The van der Waals surface area contributed by atoms with Crippen molar-refractivity contribution in [2.45, 2.75) is 26.7 Å². The average Bonchev–Trinajstić information content (AvgIpc) is 3.04. The summed E-state index contributed by atoms with van der Waals surface area (Å²) in [4.78, 5) is 42.4. The van der Waals surface area contributed by atoms with Gasteiger partial charge in [-0.05, 0) is 55.3 Å². The van der Waals surface area contributed by atoms with Crippen LogP contribution in [0.15, 0.2) is 72.8 Å². The fourth-order valence-electron chi connectivity index (χ4n) is 3.83. The van der Waals surface area contributed by atoms with Crippen LogP contribution in [0.25, 0.3) is 0 Å². The first-order valence-electron chi connectivity index (χ1n) is 10.5. The third kappa shape index (κ3) is 3.75. The van der Waals surface area contributed by atoms with Gasteiger partial charge < -0.3 is 4.90 Å². The van der Waals surface area contributed by atoms with Crippen molar-refractivity contribution < 1.29 is 14.4 Å². The summed E-state index contributed by atoms with van der Waals surface area (Å²) in [5, 5.41) is 0. The van der Waals surface area contributed by atoms with Gasteiger partial charge in [0.25, 0.3) is 17.7 Å². The monoisotopic (exact) mass is 412 g/mol. The van der Waals surface area contributed by atoms with Gasteiger partial charge >= 0.3 is 0 Å². The van der Waals surface area contributed by atoms with Crippen LogP contribution in [0.1, 0.15) is 56.4 Å². The van der Waals surface area contributed by atoms with E-state index in [2.05, 4.69) is 6.92 Å². The standard InChI is InChI=1S/C26H24N2O3/c1-3-4-16-27(20-11-6-5-7-12-20)24(29)19-14-15-21-22(17-19)26(31)28(25(21)30)23-13-9-8-10-18(23)2/h5-15,17H,3-4,16H2,1-2H3. The van der Waals surface area contributed by atoms with Crippen LogP contribution in [0.5, 0.6) is 0 Å². The van der Waals surface area contributed by atoms with Crippen molar-refractivity contribution in [3.63, 3.8) is 0 Å². The Balaban J connectivity index is 1.69. The van der Waals surface area contributed by atoms with Gasteiger partial charge in [0, 0.05) is 17.8 Å². The molecule has 1 aliphatic heterocycles. The van der Waals surface area contributed by atoms with Gasteiger partial charge in [0.15, 0.2) is 0 Å². The van der Waals surface area contributed by atoms with E-state index in [0.29, 0.717) is 23.4 Å². The van der Waals surface area contributed by atoms with Crippen LogP contribution in [0.3, 0.4) is 0 Å². The molecule has 0 bridgehead atoms. The van der Waals surface area contributed by atoms with E-state index in [9.17, 15) is 14.4 Å². The molecule has 4 rings (SSSR count). The number of rotatable bonds is 6. The summed E-state index contributed by atoms with van der Waals surface area (Å²) < 4.78 is 0. The quantitative estimate of drug-likeness (QED) is 0.520. The number of anilines is 2. The molecule has 0 radical (unpaired) electrons. The summed E-state index contributed by atoms with van der Waals surface area (Å²) in [7, 11) is 0. The molecule has 3 amide bonds. The molecule has 31 heavy (non-hydrogen) atoms. The van der Waals surface area contributed by atoms with Crippen molar-refractivity contribution in [1.29, 1.82) is 0 Å². The van der Waals surface area contributed by atoms with Crippen LogP contribution in [-0.4, -0.2) is 24.3 Å². The van der Waals surface area contributed by atoms with Gasteiger partial charge in [-0.2, -0.15) is 0 Å². The number of benzene rings is 3. The molecule has 0 saturated carbocycles. The fourth-order valence-corrected chi connectivity index (χ4v) is 3.83. The van der Waals surface area contributed by atoms with Crippen molar-refractivity contribution in [2.75, 3.05) is 16.3 Å². The number of nitrogens with zero attached hydrogens (tertiary/aromatic N) is 2. The maximum absolute atomic E-state index is 13.4. The molecular weight excluding hydrogens is 388 g/mol. The summed E-state index contributed by atoms with van der Waals surface area (Å²) in [6.45, 7) is 4.52. The van der Waals surface area contributed by atoms with Gasteiger partial charge in [-0.3, -0.25) is 14.4 Å². The molecular formula is C26H24N2O3. The molecule has 0 N–H and O–H groups in total. The highest BCUT2D eigenvalue weighted by atomic mass is 16.2. The first-order valence-corrected chi connectivity index (χ1v) is 10.5. The maximum Gasteiger partial charge on any atom is 0.266 e. The zero-order chi connectivity index (χ0) is 22.0. The van der Waals surface area contributed by atoms with Crippen molar-refractivity contribution in [3.8, 4) is 0 Å². The summed E-state index contributed by atoms with van der Waals surface area (Å²) >= 11 is 0. The van der Waals surface area contributed by atoms with E-state index in [0.717, 1.165) is 24.1 Å². The molecule has 0 fully saturated rings. The minimum Gasteiger partial charge on any atom is -0.308 e. The molecule has 0 aromatic heterocycles. The zero-order valence-electron chi connectivity index (χ0n) is 17.7. The number of carbonyl (C=O) groups is 3. The molecule has 0 atom stereocenters. The van der Waals surface area contributed by atoms with Crippen LogP contribution in [0, 0.1) is 6.92 Å². The number of para-hydroxylation sites is 2. The van der Waals surface area contributed by atoms with Crippen molar-refractivity contribution in [2.24, 2.45) is 0 Å². The molecule has 5 heteroatoms. The average molecular weight is 412 g/mol. The number of carbonyl (C=O) groups excluding carboxylic acids is 3. The van der Waals surface area contributed by atoms with E-state index in [1.54, 1.807) is 35.2 Å². The number of hydrogen-bond donors (Lipinski definition) is 0. The predicted molar refractivity (Wildman–Crippen MR) is 122 cm³/mol. The Labute approximate surface area is 181 Å². The van der Waals surface area contributed by atoms with Gasteiger partial charge in [-0.25, -0.2) is 4.90 Å². The Morgan fingerprint density at radius 1 is 0.871 bits per heavy atom. The predicted octanol–water partition coefficient (Wildman–Crippen LogP) is 5.24. The molecule has 0 aliphatic carbocycles. The Bertz CT molecular complexity index is 1150. The van der Waals surface area contributed by atoms with Crippen molar-refractivity contribution >= 4 is 29.1 Å². The van der Waals surface area contributed by atoms with Gasteiger partial charge in [-0.1, -0.05) is 49.7 Å². The highest BCUT2D eigenvalue weighted by Gasteiger charge is 2.38. The second kappa shape index (κ2) is 8.56. The normalized spacial score (nSPS) is 12.8. The number of aryl methyl sites for hydroxylation is 1. The lowest BCUT2D eigenvalue weighted by molar-refractivity contribution is 0.0924. The fraction of sp³-hybridized carbons (Fsp3) is 0.192. The van der Waals surface area contributed by atoms with Crippen LogP contribution in [0.2, 0.25) is 0 Å². The number of amides is 3. The topological polar surface area (TPSA) is 57.7 Å². The number of hydrogen-bond acceptors (Lipinski definition) is 3. The van der Waals surface area contributed by atoms with Crippen molar-refractivity contribution in [3.05, 3.63) is 95.1 Å². The lowest BCUT2D eigenvalue weighted by Crippen LogP contribution is -2.32. The SMILES string of the molecule is CCCCN(C(=O)c1ccc2c(c1)C(=O)N(c1ccccc1C)C2=O)c1ccccc1. The van der Waals surface area contributed by atoms with Crippen molar-refractivity contribution in [1.82, 2.24) is 0 Å². The molecule has 0 saturated heterocycles. The second-order valence-electron chi connectivity index (χ2n) is 7.64. The zero-order valence-corrected chi connectivity index (χ0v) is 17.7. The van der Waals surface area contributed by atoms with Crippen LogP contribution in [0.4, 0.5) is 11.4 Å². The summed E-state index contributed by atoms with van der Waals surface area (Å²) in [6.07, 6.45) is 1.82. The number of imide groups is 1. The molecule has 156 valence electrons. The summed E-state index contributed by atoms with van der Waals surface area (Å²) in [5.74, 6) is -0.944. The van der Waals surface area contributed by atoms with E-state index in [1.165, 1.54) is 4.90 Å². The Morgan fingerprint density at radius 3 is 2.26 bits per heavy atom. The molecule has 0 unspecified atom stereocenters. The molecule has 0 spiro atoms. The van der Waals surface area contributed by atoms with Crippen LogP contribution < -0.4 is 9.80 Å². The second-order valence-corrected chi connectivity index (χ2v) is 7.64. The van der Waals surface area contributed by atoms with Gasteiger partial charge in [0.1, 0.15) is 0 Å². The molecule has 1 heterocycles. The summed E-state index contributed by atoms with van der Waals surface area (Å²) in [5.41, 5.74) is 3.20. The highest BCUT2D eigenvalue weighted by Crippen LogP contribution is 2.31. The largest absolute Gasteiger partial charge is 0.308 e. The molecule has 3 aromatic rings. The lowest BCUT2D eigenvalue weighted by atomic mass is 10.0. The third-order valence-electron chi connectivity index (χ3n) is 5.54. The van der Waals surface area contributed by atoms with Gasteiger partial charge in [0.05, 0.1) is 16.8 Å². The van der Waals surface area contributed by atoms with E-state index < -0.39 is 5.91 Å². The first kappa shape index (κ1) is 20.5. The Hall–Kier alpha value is -3.73. The number of fused-ring (bicyclic) bond motifs is 1. The van der Waals surface area contributed by atoms with Gasteiger partial charge in [0.2, 0.25) is 0 Å². The van der Waals surface area contributed by atoms with E-state index in [4.69, 9.17) is 0 Å². The minimum absolute atomic E-state index is 0.183. The first-order chi connectivity index (χ1) is 15.0. The van der Waals surface area contributed by atoms with E-state index >= 15 is 0 Å².